The summed E-state index contributed by atoms with van der Waals surface area (Å²) in [6.07, 6.45) is 6.97. The molecule has 2 nitrogen and oxygen atoms in total. The van der Waals surface area contributed by atoms with E-state index in [0.717, 1.165) is 37.8 Å². The first kappa shape index (κ1) is 12.8. The monoisotopic (exact) mass is 277 g/mol. The molecular weight excluding hydrogens is 258 g/mol. The molecular formula is C19H19NO. The Kier molecular flexibility index (Phi) is 3.10. The standard InChI is InChI=1S/C19H19NO/c21-19(17-11-10-14-7-4-12-20-18(14)17)16-9-3-6-13-5-1-2-8-15(13)16/h1-2,4-5,7-8,12,16-17H,3,6,9-11H2. The molecule has 0 amide bonds. The number of carbonyl (C=O) groups excluding carboxylic acids is 1. The molecule has 0 fully saturated rings. The SMILES string of the molecule is O=C(C1CCCc2ccccc21)C1CCc2cccnc21. The molecule has 0 saturated carbocycles. The Labute approximate surface area is 125 Å². The van der Waals surface area contributed by atoms with Gasteiger partial charge in [-0.15, -0.1) is 0 Å². The van der Waals surface area contributed by atoms with Crippen LogP contribution in [0.4, 0.5) is 0 Å². The van der Waals surface area contributed by atoms with E-state index in [2.05, 4.69) is 35.3 Å². The average molecular weight is 277 g/mol. The number of nitrogens with zero attached hydrogens (tertiary/aromatic N) is 1. The van der Waals surface area contributed by atoms with Crippen molar-refractivity contribution in [3.05, 3.63) is 65.0 Å². The highest BCUT2D eigenvalue weighted by molar-refractivity contribution is 5.92. The summed E-state index contributed by atoms with van der Waals surface area (Å²) in [5, 5.41) is 0. The van der Waals surface area contributed by atoms with Crippen LogP contribution in [0.3, 0.4) is 0 Å². The van der Waals surface area contributed by atoms with Crippen LogP contribution >= 0.6 is 0 Å². The second-order valence-corrected chi connectivity index (χ2v) is 6.19. The van der Waals surface area contributed by atoms with Crippen molar-refractivity contribution in [1.29, 1.82) is 0 Å². The number of aromatic nitrogens is 1. The number of fused-ring (bicyclic) bond motifs is 2. The van der Waals surface area contributed by atoms with Crippen LogP contribution in [0.2, 0.25) is 0 Å². The predicted molar refractivity (Wildman–Crippen MR) is 82.4 cm³/mol. The lowest BCUT2D eigenvalue weighted by molar-refractivity contribution is -0.122. The lowest BCUT2D eigenvalue weighted by atomic mass is 9.77. The van der Waals surface area contributed by atoms with Crippen LogP contribution in [0.15, 0.2) is 42.6 Å². The van der Waals surface area contributed by atoms with Gasteiger partial charge in [-0.3, -0.25) is 9.78 Å². The van der Waals surface area contributed by atoms with Gasteiger partial charge in [0.2, 0.25) is 0 Å². The van der Waals surface area contributed by atoms with Crippen LogP contribution in [-0.2, 0) is 17.6 Å². The number of ketones is 1. The highest BCUT2D eigenvalue weighted by atomic mass is 16.1. The number of pyridine rings is 1. The fourth-order valence-electron chi connectivity index (χ4n) is 3.98. The minimum atomic E-state index is 0.0114. The summed E-state index contributed by atoms with van der Waals surface area (Å²) in [5.41, 5.74) is 4.92. The summed E-state index contributed by atoms with van der Waals surface area (Å²) in [5.74, 6) is 0.477. The Hall–Kier alpha value is -1.96. The molecule has 0 saturated heterocycles. The third kappa shape index (κ3) is 2.10. The van der Waals surface area contributed by atoms with Gasteiger partial charge < -0.3 is 0 Å². The lowest BCUT2D eigenvalue weighted by Gasteiger charge is -2.26. The van der Waals surface area contributed by atoms with Crippen molar-refractivity contribution in [1.82, 2.24) is 4.98 Å². The van der Waals surface area contributed by atoms with Gasteiger partial charge in [-0.1, -0.05) is 30.3 Å². The van der Waals surface area contributed by atoms with Gasteiger partial charge in [0, 0.05) is 12.1 Å². The molecule has 2 aromatic rings. The van der Waals surface area contributed by atoms with Gasteiger partial charge in [-0.2, -0.15) is 0 Å². The fourth-order valence-corrected chi connectivity index (χ4v) is 3.98. The van der Waals surface area contributed by atoms with Crippen molar-refractivity contribution in [3.63, 3.8) is 0 Å². The van der Waals surface area contributed by atoms with Gasteiger partial charge in [0.1, 0.15) is 5.78 Å². The minimum Gasteiger partial charge on any atom is -0.298 e. The molecule has 2 atom stereocenters. The first-order chi connectivity index (χ1) is 10.3. The molecule has 2 aliphatic rings. The summed E-state index contributed by atoms with van der Waals surface area (Å²) in [6.45, 7) is 0. The minimum absolute atomic E-state index is 0.0114. The Morgan fingerprint density at radius 1 is 0.952 bits per heavy atom. The normalized spacial score (nSPS) is 23.4. The topological polar surface area (TPSA) is 30.0 Å². The number of rotatable bonds is 2. The Bertz CT molecular complexity index is 691. The first-order valence-corrected chi connectivity index (χ1v) is 7.90. The summed E-state index contributed by atoms with van der Waals surface area (Å²) in [7, 11) is 0. The van der Waals surface area contributed by atoms with Crippen LogP contribution in [0, 0.1) is 0 Å². The van der Waals surface area contributed by atoms with E-state index in [1.54, 1.807) is 0 Å². The molecule has 4 rings (SSSR count). The third-order valence-corrected chi connectivity index (χ3v) is 5.01. The molecule has 0 aliphatic heterocycles. The summed E-state index contributed by atoms with van der Waals surface area (Å²) < 4.78 is 0. The molecule has 1 aromatic carbocycles. The zero-order valence-electron chi connectivity index (χ0n) is 12.1. The largest absolute Gasteiger partial charge is 0.298 e. The van der Waals surface area contributed by atoms with Gasteiger partial charge in [-0.05, 0) is 54.9 Å². The van der Waals surface area contributed by atoms with Crippen molar-refractivity contribution in [3.8, 4) is 0 Å². The maximum absolute atomic E-state index is 13.1. The van der Waals surface area contributed by atoms with Crippen molar-refractivity contribution in [2.24, 2.45) is 0 Å². The average Bonchev–Trinajstić information content (AvgIpc) is 2.98. The molecule has 2 aliphatic carbocycles. The quantitative estimate of drug-likeness (QED) is 0.835. The highest BCUT2D eigenvalue weighted by Crippen LogP contribution is 2.40. The number of carbonyl (C=O) groups is 1. The molecule has 2 heteroatoms. The molecule has 0 N–H and O–H groups in total. The number of Topliss-reactive ketones (excluding diaryl/α,β-unsaturated/α-hetero) is 1. The second-order valence-electron chi connectivity index (χ2n) is 6.19. The van der Waals surface area contributed by atoms with Crippen LogP contribution in [0.5, 0.6) is 0 Å². The molecule has 0 radical (unpaired) electrons. The van der Waals surface area contributed by atoms with E-state index in [1.807, 2.05) is 12.3 Å². The van der Waals surface area contributed by atoms with Gasteiger partial charge in [0.25, 0.3) is 0 Å². The lowest BCUT2D eigenvalue weighted by Crippen LogP contribution is -2.23. The van der Waals surface area contributed by atoms with Crippen LogP contribution in [0.1, 0.15) is 53.5 Å². The van der Waals surface area contributed by atoms with Crippen LogP contribution < -0.4 is 0 Å². The summed E-state index contributed by atoms with van der Waals surface area (Å²) in [4.78, 5) is 17.6. The van der Waals surface area contributed by atoms with E-state index < -0.39 is 0 Å². The maximum atomic E-state index is 13.1. The van der Waals surface area contributed by atoms with Gasteiger partial charge in [-0.25, -0.2) is 0 Å². The van der Waals surface area contributed by atoms with Crippen molar-refractivity contribution >= 4 is 5.78 Å². The highest BCUT2D eigenvalue weighted by Gasteiger charge is 2.36. The number of aryl methyl sites for hydroxylation is 2. The fraction of sp³-hybridized carbons (Fsp3) is 0.368. The smallest absolute Gasteiger partial charge is 0.149 e. The Morgan fingerprint density at radius 2 is 1.81 bits per heavy atom. The maximum Gasteiger partial charge on any atom is 0.149 e. The van der Waals surface area contributed by atoms with Gasteiger partial charge >= 0.3 is 0 Å². The first-order valence-electron chi connectivity index (χ1n) is 7.90. The molecule has 0 spiro atoms. The molecule has 0 bridgehead atoms. The Balaban J connectivity index is 1.68. The van der Waals surface area contributed by atoms with E-state index >= 15 is 0 Å². The summed E-state index contributed by atoms with van der Waals surface area (Å²) in [6, 6.07) is 12.6. The second kappa shape index (κ2) is 5.10. The van der Waals surface area contributed by atoms with Crippen molar-refractivity contribution < 1.29 is 4.79 Å². The van der Waals surface area contributed by atoms with Crippen molar-refractivity contribution in [2.75, 3.05) is 0 Å². The number of benzene rings is 1. The van der Waals surface area contributed by atoms with Gasteiger partial charge in [0.05, 0.1) is 11.6 Å². The number of hydrogen-bond donors (Lipinski definition) is 0. The van der Waals surface area contributed by atoms with Crippen LogP contribution in [-0.4, -0.2) is 10.8 Å². The summed E-state index contributed by atoms with van der Waals surface area (Å²) >= 11 is 0. The van der Waals surface area contributed by atoms with Crippen LogP contribution in [0.25, 0.3) is 0 Å². The molecule has 1 aromatic heterocycles. The van der Waals surface area contributed by atoms with E-state index in [-0.39, 0.29) is 11.8 Å². The van der Waals surface area contributed by atoms with Gasteiger partial charge in [0.15, 0.2) is 0 Å². The van der Waals surface area contributed by atoms with E-state index in [1.165, 1.54) is 16.7 Å². The number of hydrogen-bond acceptors (Lipinski definition) is 2. The third-order valence-electron chi connectivity index (χ3n) is 5.01. The zero-order chi connectivity index (χ0) is 14.2. The zero-order valence-corrected chi connectivity index (χ0v) is 12.1. The van der Waals surface area contributed by atoms with Crippen molar-refractivity contribution in [2.45, 2.75) is 43.9 Å². The predicted octanol–water partition coefficient (Wildman–Crippen LogP) is 3.80. The molecule has 2 unspecified atom stereocenters. The molecule has 1 heterocycles. The molecule has 106 valence electrons. The van der Waals surface area contributed by atoms with E-state index in [0.29, 0.717) is 5.78 Å². The Morgan fingerprint density at radius 3 is 2.76 bits per heavy atom. The van der Waals surface area contributed by atoms with E-state index in [9.17, 15) is 4.79 Å². The van der Waals surface area contributed by atoms with E-state index in [4.69, 9.17) is 0 Å². The molecule has 21 heavy (non-hydrogen) atoms.